The number of likely N-dealkylation sites (tertiary alicyclic amines) is 1. The van der Waals surface area contributed by atoms with Crippen molar-refractivity contribution in [1.82, 2.24) is 4.90 Å². The van der Waals surface area contributed by atoms with Gasteiger partial charge in [-0.3, -0.25) is 4.90 Å². The minimum absolute atomic E-state index is 0.0116. The van der Waals surface area contributed by atoms with Gasteiger partial charge in [0.15, 0.2) is 0 Å². The Hall–Kier alpha value is -0.770. The fourth-order valence-electron chi connectivity index (χ4n) is 1.90. The molecule has 1 aliphatic heterocycles. The van der Waals surface area contributed by atoms with Gasteiger partial charge in [-0.1, -0.05) is 0 Å². The number of nitrogens with two attached hydrogens (primary N) is 1. The molecule has 0 bridgehead atoms. The van der Waals surface area contributed by atoms with Crippen LogP contribution in [0.3, 0.4) is 0 Å². The maximum absolute atomic E-state index is 10.9. The van der Waals surface area contributed by atoms with E-state index < -0.39 is 6.09 Å². The average Bonchev–Trinajstić information content (AvgIpc) is 2.24. The SMILES string of the molecule is CC1(C)CC[C@@H](CN)N1C(=O)O. The first-order chi connectivity index (χ1) is 5.49. The van der Waals surface area contributed by atoms with E-state index in [0.717, 1.165) is 12.8 Å². The summed E-state index contributed by atoms with van der Waals surface area (Å²) >= 11 is 0. The molecule has 1 amide bonds. The predicted molar refractivity (Wildman–Crippen MR) is 46.0 cm³/mol. The number of rotatable bonds is 1. The minimum atomic E-state index is -0.854. The fraction of sp³-hybridized carbons (Fsp3) is 0.875. The lowest BCUT2D eigenvalue weighted by molar-refractivity contribution is 0.0977. The van der Waals surface area contributed by atoms with Gasteiger partial charge in [0.1, 0.15) is 0 Å². The molecule has 0 unspecified atom stereocenters. The number of nitrogens with zero attached hydrogens (tertiary/aromatic N) is 1. The summed E-state index contributed by atoms with van der Waals surface area (Å²) < 4.78 is 0. The van der Waals surface area contributed by atoms with Gasteiger partial charge in [-0.05, 0) is 26.7 Å². The van der Waals surface area contributed by atoms with Crippen LogP contribution in [-0.2, 0) is 0 Å². The molecule has 4 nitrogen and oxygen atoms in total. The van der Waals surface area contributed by atoms with Gasteiger partial charge >= 0.3 is 6.09 Å². The molecular formula is C8H16N2O2. The molecule has 1 fully saturated rings. The van der Waals surface area contributed by atoms with Crippen molar-refractivity contribution in [3.63, 3.8) is 0 Å². The zero-order valence-electron chi connectivity index (χ0n) is 7.58. The largest absolute Gasteiger partial charge is 0.465 e. The van der Waals surface area contributed by atoms with E-state index in [1.807, 2.05) is 13.8 Å². The van der Waals surface area contributed by atoms with E-state index in [0.29, 0.717) is 6.54 Å². The van der Waals surface area contributed by atoms with Crippen LogP contribution in [-0.4, -0.2) is 34.2 Å². The number of carboxylic acid groups (broad SMARTS) is 1. The molecule has 12 heavy (non-hydrogen) atoms. The van der Waals surface area contributed by atoms with E-state index in [4.69, 9.17) is 10.8 Å². The molecule has 0 aromatic carbocycles. The van der Waals surface area contributed by atoms with Crippen LogP contribution in [0.5, 0.6) is 0 Å². The van der Waals surface area contributed by atoms with E-state index in [1.54, 1.807) is 0 Å². The van der Waals surface area contributed by atoms with Gasteiger partial charge in [-0.15, -0.1) is 0 Å². The molecule has 0 aliphatic carbocycles. The zero-order valence-corrected chi connectivity index (χ0v) is 7.58. The van der Waals surface area contributed by atoms with Gasteiger partial charge in [0, 0.05) is 18.1 Å². The van der Waals surface area contributed by atoms with E-state index in [-0.39, 0.29) is 11.6 Å². The Morgan fingerprint density at radius 2 is 2.33 bits per heavy atom. The standard InChI is InChI=1S/C8H16N2O2/c1-8(2)4-3-6(5-9)10(8)7(11)12/h6H,3-5,9H2,1-2H3,(H,11,12)/t6-/m0/s1. The minimum Gasteiger partial charge on any atom is -0.465 e. The summed E-state index contributed by atoms with van der Waals surface area (Å²) in [6.07, 6.45) is 0.935. The Kier molecular flexibility index (Phi) is 2.28. The molecule has 1 rings (SSSR count). The Morgan fingerprint density at radius 3 is 2.67 bits per heavy atom. The first-order valence-electron chi connectivity index (χ1n) is 4.21. The summed E-state index contributed by atoms with van der Waals surface area (Å²) in [6, 6.07) is 0.0116. The van der Waals surface area contributed by atoms with E-state index in [9.17, 15) is 4.79 Å². The molecule has 0 aromatic heterocycles. The Morgan fingerprint density at radius 1 is 1.75 bits per heavy atom. The second-order valence-electron chi connectivity index (χ2n) is 3.89. The van der Waals surface area contributed by atoms with Crippen molar-refractivity contribution >= 4 is 6.09 Å². The quantitative estimate of drug-likeness (QED) is 0.616. The highest BCUT2D eigenvalue weighted by Gasteiger charge is 2.41. The van der Waals surface area contributed by atoms with E-state index >= 15 is 0 Å². The lowest BCUT2D eigenvalue weighted by Crippen LogP contribution is -2.48. The Labute approximate surface area is 72.3 Å². The highest BCUT2D eigenvalue weighted by Crippen LogP contribution is 2.32. The normalized spacial score (nSPS) is 27.6. The second kappa shape index (κ2) is 2.94. The first-order valence-corrected chi connectivity index (χ1v) is 4.21. The van der Waals surface area contributed by atoms with Crippen LogP contribution >= 0.6 is 0 Å². The zero-order chi connectivity index (χ0) is 9.35. The average molecular weight is 172 g/mol. The van der Waals surface area contributed by atoms with Crippen molar-refractivity contribution in [3.05, 3.63) is 0 Å². The number of hydrogen-bond donors (Lipinski definition) is 2. The fourth-order valence-corrected chi connectivity index (χ4v) is 1.90. The number of hydrogen-bond acceptors (Lipinski definition) is 2. The lowest BCUT2D eigenvalue weighted by atomic mass is 10.0. The van der Waals surface area contributed by atoms with Gasteiger partial charge in [0.05, 0.1) is 0 Å². The molecule has 1 saturated heterocycles. The first kappa shape index (κ1) is 9.32. The van der Waals surface area contributed by atoms with Crippen molar-refractivity contribution in [2.45, 2.75) is 38.3 Å². The van der Waals surface area contributed by atoms with Gasteiger partial charge in [0.25, 0.3) is 0 Å². The highest BCUT2D eigenvalue weighted by atomic mass is 16.4. The summed E-state index contributed by atoms with van der Waals surface area (Å²) in [7, 11) is 0. The van der Waals surface area contributed by atoms with Crippen molar-refractivity contribution in [2.24, 2.45) is 5.73 Å². The Balaban J connectivity index is 2.80. The van der Waals surface area contributed by atoms with Crippen molar-refractivity contribution in [2.75, 3.05) is 6.54 Å². The third-order valence-corrected chi connectivity index (χ3v) is 2.58. The van der Waals surface area contributed by atoms with Crippen LogP contribution in [0.25, 0.3) is 0 Å². The summed E-state index contributed by atoms with van der Waals surface area (Å²) in [5.74, 6) is 0. The lowest BCUT2D eigenvalue weighted by Gasteiger charge is -2.32. The van der Waals surface area contributed by atoms with Gasteiger partial charge in [-0.2, -0.15) is 0 Å². The number of carbonyl (C=O) groups is 1. The van der Waals surface area contributed by atoms with Gasteiger partial charge in [0.2, 0.25) is 0 Å². The molecule has 1 aliphatic rings. The Bertz CT molecular complexity index is 191. The third kappa shape index (κ3) is 1.39. The molecule has 70 valence electrons. The van der Waals surface area contributed by atoms with Crippen LogP contribution in [0.2, 0.25) is 0 Å². The monoisotopic (exact) mass is 172 g/mol. The summed E-state index contributed by atoms with van der Waals surface area (Å²) in [4.78, 5) is 12.3. The summed E-state index contributed by atoms with van der Waals surface area (Å²) in [6.45, 7) is 4.31. The molecule has 3 N–H and O–H groups in total. The topological polar surface area (TPSA) is 66.6 Å². The van der Waals surface area contributed by atoms with Crippen LogP contribution in [0, 0.1) is 0 Å². The molecule has 0 saturated carbocycles. The molecule has 0 aromatic rings. The molecule has 1 heterocycles. The maximum Gasteiger partial charge on any atom is 0.408 e. The van der Waals surface area contributed by atoms with E-state index in [2.05, 4.69) is 0 Å². The van der Waals surface area contributed by atoms with Gasteiger partial charge in [-0.25, -0.2) is 4.79 Å². The third-order valence-electron chi connectivity index (χ3n) is 2.58. The van der Waals surface area contributed by atoms with Crippen LogP contribution in [0.4, 0.5) is 4.79 Å². The van der Waals surface area contributed by atoms with Crippen molar-refractivity contribution in [3.8, 4) is 0 Å². The van der Waals surface area contributed by atoms with Crippen LogP contribution in [0.15, 0.2) is 0 Å². The summed E-state index contributed by atoms with van der Waals surface area (Å²) in [5.41, 5.74) is 5.24. The molecule has 1 atom stereocenters. The van der Waals surface area contributed by atoms with Crippen molar-refractivity contribution < 1.29 is 9.90 Å². The molecule has 0 radical (unpaired) electrons. The second-order valence-corrected chi connectivity index (χ2v) is 3.89. The molecule has 4 heteroatoms. The molecular weight excluding hydrogens is 156 g/mol. The maximum atomic E-state index is 10.9. The highest BCUT2D eigenvalue weighted by molar-refractivity contribution is 5.67. The smallest absolute Gasteiger partial charge is 0.408 e. The van der Waals surface area contributed by atoms with E-state index in [1.165, 1.54) is 4.90 Å². The van der Waals surface area contributed by atoms with Crippen LogP contribution in [0.1, 0.15) is 26.7 Å². The van der Waals surface area contributed by atoms with Crippen LogP contribution < -0.4 is 5.73 Å². The van der Waals surface area contributed by atoms with Gasteiger partial charge < -0.3 is 10.8 Å². The summed E-state index contributed by atoms with van der Waals surface area (Å²) in [5, 5.41) is 8.92. The number of amides is 1. The molecule has 0 spiro atoms. The van der Waals surface area contributed by atoms with Crippen molar-refractivity contribution in [1.29, 1.82) is 0 Å². The predicted octanol–water partition coefficient (Wildman–Crippen LogP) is 0.866.